The summed E-state index contributed by atoms with van der Waals surface area (Å²) in [6, 6.07) is 0.264. The van der Waals surface area contributed by atoms with Crippen LogP contribution in [0.25, 0.3) is 0 Å². The van der Waals surface area contributed by atoms with Gasteiger partial charge in [-0.05, 0) is 44.4 Å². The summed E-state index contributed by atoms with van der Waals surface area (Å²) in [5.41, 5.74) is 4.97. The van der Waals surface area contributed by atoms with E-state index in [4.69, 9.17) is 15.7 Å². The first-order valence-electron chi connectivity index (χ1n) is 7.84. The van der Waals surface area contributed by atoms with Crippen LogP contribution in [0.2, 0.25) is 0 Å². The van der Waals surface area contributed by atoms with Gasteiger partial charge in [0.1, 0.15) is 5.41 Å². The van der Waals surface area contributed by atoms with Crippen molar-refractivity contribution >= 4 is 11.7 Å². The Bertz CT molecular complexity index is 397. The zero-order valence-electron chi connectivity index (χ0n) is 13.0. The van der Waals surface area contributed by atoms with Crippen molar-refractivity contribution < 1.29 is 14.7 Å². The number of hydrogen-bond donors (Lipinski definition) is 2. The lowest BCUT2D eigenvalue weighted by Gasteiger charge is -2.41. The van der Waals surface area contributed by atoms with Crippen LogP contribution in [0.15, 0.2) is 5.16 Å². The first-order valence-corrected chi connectivity index (χ1v) is 7.84. The molecule has 0 atom stereocenters. The molecule has 0 radical (unpaired) electrons. The Hall–Kier alpha value is -1.30. The van der Waals surface area contributed by atoms with Crippen LogP contribution < -0.4 is 5.73 Å². The van der Waals surface area contributed by atoms with Gasteiger partial charge in [-0.1, -0.05) is 12.1 Å². The highest BCUT2D eigenvalue weighted by molar-refractivity contribution is 6.06. The summed E-state index contributed by atoms with van der Waals surface area (Å²) in [6.45, 7) is 3.20. The number of ether oxygens (including phenoxy) is 1. The van der Waals surface area contributed by atoms with Crippen molar-refractivity contribution in [1.82, 2.24) is 4.90 Å². The molecule has 1 aliphatic carbocycles. The molecule has 21 heavy (non-hydrogen) atoms. The van der Waals surface area contributed by atoms with Crippen molar-refractivity contribution in [3.63, 3.8) is 0 Å². The van der Waals surface area contributed by atoms with Crippen molar-refractivity contribution in [2.75, 3.05) is 20.3 Å². The monoisotopic (exact) mass is 297 g/mol. The summed E-state index contributed by atoms with van der Waals surface area (Å²) < 4.78 is 5.35. The fourth-order valence-corrected chi connectivity index (χ4v) is 3.53. The van der Waals surface area contributed by atoms with Gasteiger partial charge in [0.2, 0.25) is 5.91 Å². The number of rotatable bonds is 3. The van der Waals surface area contributed by atoms with Gasteiger partial charge in [0, 0.05) is 26.3 Å². The van der Waals surface area contributed by atoms with Crippen molar-refractivity contribution in [1.29, 1.82) is 0 Å². The molecule has 2 fully saturated rings. The van der Waals surface area contributed by atoms with E-state index in [2.05, 4.69) is 12.1 Å². The second-order valence-electron chi connectivity index (χ2n) is 6.51. The first-order chi connectivity index (χ1) is 10.0. The molecule has 6 nitrogen and oxygen atoms in total. The van der Waals surface area contributed by atoms with Crippen LogP contribution in [0.5, 0.6) is 0 Å². The van der Waals surface area contributed by atoms with Gasteiger partial charge in [0.05, 0.1) is 0 Å². The number of amidine groups is 1. The average Bonchev–Trinajstić information content (AvgIpc) is 2.54. The van der Waals surface area contributed by atoms with Crippen LogP contribution in [0.4, 0.5) is 0 Å². The molecule has 0 unspecified atom stereocenters. The Morgan fingerprint density at radius 2 is 1.86 bits per heavy atom. The number of carbonyl (C=O) groups excluding carboxylic acids is 1. The number of nitrogens with two attached hydrogens (primary N) is 1. The third-order valence-electron chi connectivity index (χ3n) is 5.21. The number of hydrogen-bond acceptors (Lipinski definition) is 4. The Balaban J connectivity index is 2.14. The van der Waals surface area contributed by atoms with Crippen LogP contribution in [0.1, 0.15) is 45.4 Å². The molecule has 1 saturated carbocycles. The Morgan fingerprint density at radius 3 is 2.38 bits per heavy atom. The van der Waals surface area contributed by atoms with Gasteiger partial charge in [-0.3, -0.25) is 4.79 Å². The van der Waals surface area contributed by atoms with E-state index in [9.17, 15) is 4.79 Å². The van der Waals surface area contributed by atoms with Crippen LogP contribution in [-0.4, -0.2) is 48.2 Å². The highest BCUT2D eigenvalue weighted by Gasteiger charge is 2.47. The molecule has 0 aromatic carbocycles. The summed E-state index contributed by atoms with van der Waals surface area (Å²) in [7, 11) is 1.85. The molecule has 0 bridgehead atoms. The molecule has 1 heterocycles. The van der Waals surface area contributed by atoms with Gasteiger partial charge in [0.25, 0.3) is 0 Å². The van der Waals surface area contributed by atoms with Gasteiger partial charge >= 0.3 is 0 Å². The van der Waals surface area contributed by atoms with Gasteiger partial charge in [-0.15, -0.1) is 0 Å². The maximum absolute atomic E-state index is 13.0. The molecule has 120 valence electrons. The highest BCUT2D eigenvalue weighted by atomic mass is 16.5. The lowest BCUT2D eigenvalue weighted by Crippen LogP contribution is -2.55. The third-order valence-corrected chi connectivity index (χ3v) is 5.21. The number of oxime groups is 1. The molecule has 6 heteroatoms. The second-order valence-corrected chi connectivity index (χ2v) is 6.51. The van der Waals surface area contributed by atoms with Crippen molar-refractivity contribution in [2.45, 2.75) is 51.5 Å². The van der Waals surface area contributed by atoms with Crippen molar-refractivity contribution in [2.24, 2.45) is 22.2 Å². The Kier molecular flexibility index (Phi) is 5.08. The summed E-state index contributed by atoms with van der Waals surface area (Å²) >= 11 is 0. The van der Waals surface area contributed by atoms with Crippen LogP contribution in [-0.2, 0) is 9.53 Å². The zero-order valence-corrected chi connectivity index (χ0v) is 13.0. The fraction of sp³-hybridized carbons (Fsp3) is 0.867. The minimum Gasteiger partial charge on any atom is -0.409 e. The summed E-state index contributed by atoms with van der Waals surface area (Å²) in [4.78, 5) is 14.8. The quantitative estimate of drug-likeness (QED) is 0.358. The molecule has 2 aliphatic rings. The summed E-state index contributed by atoms with van der Waals surface area (Å²) in [6.07, 6.45) is 5.34. The lowest BCUT2D eigenvalue weighted by molar-refractivity contribution is -0.144. The minimum atomic E-state index is -0.898. The molecule has 2 rings (SSSR count). The van der Waals surface area contributed by atoms with E-state index in [0.29, 0.717) is 26.1 Å². The van der Waals surface area contributed by atoms with Crippen molar-refractivity contribution in [3.05, 3.63) is 0 Å². The number of amides is 1. The molecule has 3 N–H and O–H groups in total. The predicted molar refractivity (Wildman–Crippen MR) is 80.1 cm³/mol. The van der Waals surface area contributed by atoms with E-state index in [1.807, 2.05) is 11.9 Å². The predicted octanol–water partition coefficient (Wildman–Crippen LogP) is 1.57. The summed E-state index contributed by atoms with van der Waals surface area (Å²) in [5.74, 6) is 0.735. The molecular formula is C15H27N3O3. The molecule has 1 saturated heterocycles. The van der Waals surface area contributed by atoms with Gasteiger partial charge in [0.15, 0.2) is 5.84 Å². The van der Waals surface area contributed by atoms with E-state index < -0.39 is 5.41 Å². The summed E-state index contributed by atoms with van der Waals surface area (Å²) in [5, 5.41) is 12.2. The van der Waals surface area contributed by atoms with Crippen LogP contribution in [0, 0.1) is 11.3 Å². The Labute approximate surface area is 126 Å². The smallest absolute Gasteiger partial charge is 0.236 e. The van der Waals surface area contributed by atoms with E-state index >= 15 is 0 Å². The maximum atomic E-state index is 13.0. The molecule has 1 aliphatic heterocycles. The third kappa shape index (κ3) is 3.15. The van der Waals surface area contributed by atoms with Gasteiger partial charge < -0.3 is 20.6 Å². The van der Waals surface area contributed by atoms with Gasteiger partial charge in [-0.25, -0.2) is 0 Å². The minimum absolute atomic E-state index is 0.0202. The van der Waals surface area contributed by atoms with E-state index in [0.717, 1.165) is 31.6 Å². The SMILES string of the molecule is CC1CCC(N(C)C(=O)C2(C(N)=NO)CCOCC2)CC1. The Morgan fingerprint density at radius 1 is 1.29 bits per heavy atom. The molecule has 0 spiro atoms. The van der Waals surface area contributed by atoms with Crippen LogP contribution in [0.3, 0.4) is 0 Å². The average molecular weight is 297 g/mol. The number of nitrogens with zero attached hydrogens (tertiary/aromatic N) is 2. The highest BCUT2D eigenvalue weighted by Crippen LogP contribution is 2.35. The zero-order chi connectivity index (χ0) is 15.5. The van der Waals surface area contributed by atoms with Crippen molar-refractivity contribution in [3.8, 4) is 0 Å². The van der Waals surface area contributed by atoms with Crippen LogP contribution >= 0.6 is 0 Å². The van der Waals surface area contributed by atoms with E-state index in [-0.39, 0.29) is 17.8 Å². The normalized spacial score (nSPS) is 29.9. The fourth-order valence-electron chi connectivity index (χ4n) is 3.53. The first kappa shape index (κ1) is 16.1. The molecule has 0 aromatic rings. The second kappa shape index (κ2) is 6.64. The molecular weight excluding hydrogens is 270 g/mol. The maximum Gasteiger partial charge on any atom is 0.236 e. The molecule has 1 amide bonds. The number of carbonyl (C=O) groups is 1. The largest absolute Gasteiger partial charge is 0.409 e. The lowest BCUT2D eigenvalue weighted by atomic mass is 9.76. The molecule has 0 aromatic heterocycles. The van der Waals surface area contributed by atoms with E-state index in [1.165, 1.54) is 0 Å². The van der Waals surface area contributed by atoms with E-state index in [1.54, 1.807) is 0 Å². The standard InChI is InChI=1S/C15H27N3O3/c1-11-3-5-12(6-4-11)18(2)14(19)15(13(16)17-20)7-9-21-10-8-15/h11-12,20H,3-10H2,1-2H3,(H2,16,17). The van der Waals surface area contributed by atoms with Gasteiger partial charge in [-0.2, -0.15) is 0 Å². The topological polar surface area (TPSA) is 88.2 Å².